The summed E-state index contributed by atoms with van der Waals surface area (Å²) in [6.07, 6.45) is 1.34. The van der Waals surface area contributed by atoms with E-state index in [0.29, 0.717) is 6.92 Å². The number of rotatable bonds is 4. The fourth-order valence-corrected chi connectivity index (χ4v) is 2.23. The molecule has 2 atom stereocenters. The van der Waals surface area contributed by atoms with Crippen LogP contribution in [-0.4, -0.2) is 15.5 Å². The van der Waals surface area contributed by atoms with Crippen molar-refractivity contribution in [1.29, 1.82) is 0 Å². The minimum absolute atomic E-state index is 0.115. The third kappa shape index (κ3) is 4.74. The molecule has 0 N–H and O–H groups in total. The molecular formula is C15H20F3NOS. The van der Waals surface area contributed by atoms with Crippen molar-refractivity contribution in [3.05, 3.63) is 35.1 Å². The fourth-order valence-electron chi connectivity index (χ4n) is 1.63. The van der Waals surface area contributed by atoms with Crippen LogP contribution in [0, 0.1) is 5.82 Å². The monoisotopic (exact) mass is 319 g/mol. The molecule has 21 heavy (non-hydrogen) atoms. The first-order chi connectivity index (χ1) is 9.44. The molecule has 1 aromatic carbocycles. The van der Waals surface area contributed by atoms with Crippen LogP contribution in [0.5, 0.6) is 0 Å². The van der Waals surface area contributed by atoms with Crippen LogP contribution in [0.15, 0.2) is 22.6 Å². The molecule has 1 rings (SSSR count). The summed E-state index contributed by atoms with van der Waals surface area (Å²) in [5.74, 6) is -4.73. The molecule has 0 aromatic heterocycles. The van der Waals surface area contributed by atoms with Gasteiger partial charge in [0.2, 0.25) is 0 Å². The molecule has 1 aromatic rings. The van der Waals surface area contributed by atoms with E-state index in [1.807, 2.05) is 0 Å². The van der Waals surface area contributed by atoms with E-state index in [2.05, 4.69) is 4.40 Å². The first kappa shape index (κ1) is 18.0. The third-order valence-corrected chi connectivity index (χ3v) is 4.26. The van der Waals surface area contributed by atoms with Crippen LogP contribution in [-0.2, 0) is 17.3 Å². The SMILES string of the molecule is CC(/C=N\[S@+]([O-])C(C)(C)C)c1cccc(C(C)(F)F)c1F. The highest BCUT2D eigenvalue weighted by molar-refractivity contribution is 7.91. The summed E-state index contributed by atoms with van der Waals surface area (Å²) in [5, 5.41) is 0. The largest absolute Gasteiger partial charge is 0.591 e. The van der Waals surface area contributed by atoms with Crippen molar-refractivity contribution in [2.24, 2.45) is 4.40 Å². The summed E-state index contributed by atoms with van der Waals surface area (Å²) in [6, 6.07) is 3.88. The van der Waals surface area contributed by atoms with Crippen molar-refractivity contribution in [2.75, 3.05) is 0 Å². The molecule has 0 aliphatic carbocycles. The van der Waals surface area contributed by atoms with Crippen molar-refractivity contribution < 1.29 is 17.7 Å². The number of benzene rings is 1. The van der Waals surface area contributed by atoms with E-state index >= 15 is 0 Å². The molecule has 0 saturated heterocycles. The Bertz CT molecular complexity index is 521. The Labute approximate surface area is 126 Å². The summed E-state index contributed by atoms with van der Waals surface area (Å²) < 4.78 is 56.0. The molecule has 1 unspecified atom stereocenters. The molecule has 0 bridgehead atoms. The minimum Gasteiger partial charge on any atom is -0.591 e. The fraction of sp³-hybridized carbons (Fsp3) is 0.533. The topological polar surface area (TPSA) is 35.4 Å². The maximum Gasteiger partial charge on any atom is 0.273 e. The maximum absolute atomic E-state index is 14.2. The van der Waals surface area contributed by atoms with Gasteiger partial charge in [0.15, 0.2) is 0 Å². The second-order valence-corrected chi connectivity index (χ2v) is 7.94. The van der Waals surface area contributed by atoms with E-state index in [1.165, 1.54) is 18.3 Å². The number of halogens is 3. The van der Waals surface area contributed by atoms with E-state index in [-0.39, 0.29) is 5.56 Å². The van der Waals surface area contributed by atoms with Gasteiger partial charge >= 0.3 is 0 Å². The van der Waals surface area contributed by atoms with Crippen molar-refractivity contribution in [3.8, 4) is 0 Å². The number of nitrogens with zero attached hydrogens (tertiary/aromatic N) is 1. The Hall–Kier alpha value is -1.01. The van der Waals surface area contributed by atoms with E-state index in [4.69, 9.17) is 0 Å². The summed E-state index contributed by atoms with van der Waals surface area (Å²) in [6.45, 7) is 7.58. The van der Waals surface area contributed by atoms with Crippen LogP contribution in [0.25, 0.3) is 0 Å². The van der Waals surface area contributed by atoms with Gasteiger partial charge in [-0.15, -0.1) is 0 Å². The summed E-state index contributed by atoms with van der Waals surface area (Å²) in [5.41, 5.74) is -0.527. The zero-order valence-electron chi connectivity index (χ0n) is 12.8. The van der Waals surface area contributed by atoms with Gasteiger partial charge in [-0.1, -0.05) is 29.5 Å². The van der Waals surface area contributed by atoms with Crippen molar-refractivity contribution >= 4 is 17.6 Å². The first-order valence-electron chi connectivity index (χ1n) is 6.57. The Morgan fingerprint density at radius 1 is 1.24 bits per heavy atom. The zero-order chi connectivity index (χ0) is 16.4. The van der Waals surface area contributed by atoms with Gasteiger partial charge in [-0.05, 0) is 26.3 Å². The van der Waals surface area contributed by atoms with Gasteiger partial charge in [-0.2, -0.15) is 0 Å². The molecule has 6 heteroatoms. The van der Waals surface area contributed by atoms with Gasteiger partial charge in [-0.3, -0.25) is 0 Å². The third-order valence-electron chi connectivity index (χ3n) is 2.90. The zero-order valence-corrected chi connectivity index (χ0v) is 13.6. The van der Waals surface area contributed by atoms with E-state index in [0.717, 1.165) is 6.07 Å². The van der Waals surface area contributed by atoms with Gasteiger partial charge in [0.05, 0.1) is 11.8 Å². The molecule has 0 amide bonds. The number of alkyl halides is 2. The molecular weight excluding hydrogens is 299 g/mol. The van der Waals surface area contributed by atoms with Gasteiger partial charge < -0.3 is 4.55 Å². The van der Waals surface area contributed by atoms with Crippen LogP contribution in [0.3, 0.4) is 0 Å². The molecule has 0 saturated carbocycles. The smallest absolute Gasteiger partial charge is 0.273 e. The van der Waals surface area contributed by atoms with Crippen molar-refractivity contribution in [1.82, 2.24) is 0 Å². The predicted molar refractivity (Wildman–Crippen MR) is 80.8 cm³/mol. The molecule has 2 nitrogen and oxygen atoms in total. The van der Waals surface area contributed by atoms with Crippen LogP contribution >= 0.6 is 0 Å². The predicted octanol–water partition coefficient (Wildman–Crippen LogP) is 4.57. The summed E-state index contributed by atoms with van der Waals surface area (Å²) in [4.78, 5) is 0. The first-order valence-corrected chi connectivity index (χ1v) is 7.68. The number of hydrogen-bond donors (Lipinski definition) is 0. The molecule has 0 spiro atoms. The maximum atomic E-state index is 14.2. The standard InChI is InChI=1S/C15H20F3NOS/c1-10(9-19-21(20)14(2,3)4)11-7-6-8-12(13(11)16)15(5,17)18/h6-10H,1-5H3/b19-9-/t10?,21-/m1/s1. The Kier molecular flexibility index (Phi) is 5.50. The van der Waals surface area contributed by atoms with Gasteiger partial charge in [0.1, 0.15) is 21.9 Å². The highest BCUT2D eigenvalue weighted by Gasteiger charge is 2.30. The molecule has 0 aliphatic heterocycles. The second-order valence-electron chi connectivity index (χ2n) is 6.00. The Balaban J connectivity index is 3.04. The van der Waals surface area contributed by atoms with Crippen LogP contribution in [0.2, 0.25) is 0 Å². The average Bonchev–Trinajstić information content (AvgIpc) is 2.33. The Morgan fingerprint density at radius 2 is 1.81 bits per heavy atom. The summed E-state index contributed by atoms with van der Waals surface area (Å²) >= 11 is -1.46. The number of hydrogen-bond acceptors (Lipinski definition) is 2. The molecule has 0 aliphatic rings. The Morgan fingerprint density at radius 3 is 2.29 bits per heavy atom. The second kappa shape index (κ2) is 6.40. The van der Waals surface area contributed by atoms with E-state index in [9.17, 15) is 17.7 Å². The average molecular weight is 319 g/mol. The van der Waals surface area contributed by atoms with Crippen LogP contribution < -0.4 is 0 Å². The van der Waals surface area contributed by atoms with Crippen LogP contribution in [0.1, 0.15) is 51.7 Å². The minimum atomic E-state index is -3.24. The van der Waals surface area contributed by atoms with E-state index < -0.39 is 39.3 Å². The molecule has 118 valence electrons. The van der Waals surface area contributed by atoms with Crippen LogP contribution in [0.4, 0.5) is 13.2 Å². The quantitative estimate of drug-likeness (QED) is 0.591. The van der Waals surface area contributed by atoms with Gasteiger partial charge in [0.25, 0.3) is 5.92 Å². The lowest BCUT2D eigenvalue weighted by molar-refractivity contribution is 0.0136. The lowest BCUT2D eigenvalue weighted by Gasteiger charge is -2.19. The highest BCUT2D eigenvalue weighted by atomic mass is 32.2. The highest BCUT2D eigenvalue weighted by Crippen LogP contribution is 2.32. The van der Waals surface area contributed by atoms with Crippen molar-refractivity contribution in [3.63, 3.8) is 0 Å². The van der Waals surface area contributed by atoms with Gasteiger partial charge in [-0.25, -0.2) is 13.2 Å². The normalized spacial score (nSPS) is 16.2. The van der Waals surface area contributed by atoms with E-state index in [1.54, 1.807) is 27.7 Å². The molecule has 0 radical (unpaired) electrons. The van der Waals surface area contributed by atoms with Gasteiger partial charge in [0, 0.05) is 12.8 Å². The lowest BCUT2D eigenvalue weighted by Crippen LogP contribution is -2.26. The molecule has 0 fully saturated rings. The molecule has 0 heterocycles. The van der Waals surface area contributed by atoms with Crippen molar-refractivity contribution in [2.45, 2.75) is 51.2 Å². The summed E-state index contributed by atoms with van der Waals surface area (Å²) in [7, 11) is 0. The lowest BCUT2D eigenvalue weighted by atomic mass is 9.97.